The van der Waals surface area contributed by atoms with Gasteiger partial charge in [-0.15, -0.1) is 0 Å². The molecule has 0 unspecified atom stereocenters. The van der Waals surface area contributed by atoms with Crippen LogP contribution in [-0.4, -0.2) is 5.78 Å². The van der Waals surface area contributed by atoms with E-state index in [9.17, 15) is 4.79 Å². The van der Waals surface area contributed by atoms with Crippen molar-refractivity contribution in [3.8, 4) is 0 Å². The molecule has 0 heterocycles. The molecule has 3 atom stereocenters. The monoisotopic (exact) mass is 176 g/mol. The van der Waals surface area contributed by atoms with E-state index in [0.717, 1.165) is 31.1 Å². The van der Waals surface area contributed by atoms with Gasteiger partial charge in [0.25, 0.3) is 0 Å². The summed E-state index contributed by atoms with van der Waals surface area (Å²) < 4.78 is 0. The summed E-state index contributed by atoms with van der Waals surface area (Å²) in [6, 6.07) is 0. The first kappa shape index (κ1) is 7.78. The number of ketones is 1. The van der Waals surface area contributed by atoms with Gasteiger partial charge in [0.1, 0.15) is 5.78 Å². The van der Waals surface area contributed by atoms with Crippen LogP contribution in [0.1, 0.15) is 39.5 Å². The third-order valence-corrected chi connectivity index (χ3v) is 4.55. The Morgan fingerprint density at radius 3 is 2.92 bits per heavy atom. The Labute approximate surface area is 79.2 Å². The molecule has 0 radical (unpaired) electrons. The molecule has 2 fully saturated rings. The van der Waals surface area contributed by atoms with Gasteiger partial charge in [-0.05, 0) is 37.0 Å². The second-order valence-electron chi connectivity index (χ2n) is 5.24. The van der Waals surface area contributed by atoms with Crippen molar-refractivity contribution in [2.45, 2.75) is 39.5 Å². The van der Waals surface area contributed by atoms with E-state index in [-0.39, 0.29) is 0 Å². The fraction of sp³-hybridized carbons (Fsp3) is 0.750. The lowest BCUT2D eigenvalue weighted by atomic mass is 9.69. The van der Waals surface area contributed by atoms with E-state index in [4.69, 9.17) is 0 Å². The highest BCUT2D eigenvalue weighted by molar-refractivity contribution is 5.82. The van der Waals surface area contributed by atoms with Gasteiger partial charge in [0.2, 0.25) is 0 Å². The first-order valence-corrected chi connectivity index (χ1v) is 5.35. The van der Waals surface area contributed by atoms with Crippen LogP contribution in [0.25, 0.3) is 0 Å². The molecule has 3 aliphatic carbocycles. The highest BCUT2D eigenvalue weighted by Gasteiger charge is 2.59. The Morgan fingerprint density at radius 1 is 1.38 bits per heavy atom. The molecule has 3 aliphatic rings. The Hall–Kier alpha value is -0.590. The van der Waals surface area contributed by atoms with E-state index in [0.29, 0.717) is 11.2 Å². The number of Topliss-reactive ketones (excluding diaryl/α,β-unsaturated/α-hetero) is 1. The number of hydrogen-bond acceptors (Lipinski definition) is 1. The lowest BCUT2D eigenvalue weighted by Gasteiger charge is -2.34. The Bertz CT molecular complexity index is 326. The normalized spacial score (nSPS) is 47.7. The standard InChI is InChI=1S/C12H16O/c1-7-9-5-11(9)12(2)6-8(13)3-4-10(7)12/h9,11H,3-6H2,1-2H3/t9-,11-,12-/m1/s1. The fourth-order valence-electron chi connectivity index (χ4n) is 3.76. The number of carbonyl (C=O) groups excluding carboxylic acids is 1. The maximum absolute atomic E-state index is 11.5. The molecule has 13 heavy (non-hydrogen) atoms. The van der Waals surface area contributed by atoms with Gasteiger partial charge < -0.3 is 0 Å². The maximum atomic E-state index is 11.5. The maximum Gasteiger partial charge on any atom is 0.134 e. The third-order valence-electron chi connectivity index (χ3n) is 4.55. The first-order valence-electron chi connectivity index (χ1n) is 5.35. The van der Waals surface area contributed by atoms with Crippen LogP contribution in [0, 0.1) is 17.3 Å². The van der Waals surface area contributed by atoms with E-state index >= 15 is 0 Å². The van der Waals surface area contributed by atoms with Crippen LogP contribution in [0.4, 0.5) is 0 Å². The molecule has 3 rings (SSSR count). The second kappa shape index (κ2) is 2.08. The van der Waals surface area contributed by atoms with Crippen LogP contribution in [0.2, 0.25) is 0 Å². The Balaban J connectivity index is 2.06. The fourth-order valence-corrected chi connectivity index (χ4v) is 3.76. The lowest BCUT2D eigenvalue weighted by Crippen LogP contribution is -2.28. The van der Waals surface area contributed by atoms with Gasteiger partial charge in [-0.25, -0.2) is 0 Å². The summed E-state index contributed by atoms with van der Waals surface area (Å²) in [6.45, 7) is 4.61. The zero-order valence-corrected chi connectivity index (χ0v) is 8.39. The van der Waals surface area contributed by atoms with Crippen LogP contribution in [-0.2, 0) is 4.79 Å². The van der Waals surface area contributed by atoms with Crippen molar-refractivity contribution >= 4 is 5.78 Å². The average Bonchev–Trinajstić information content (AvgIpc) is 2.78. The van der Waals surface area contributed by atoms with Crippen molar-refractivity contribution in [3.05, 3.63) is 11.1 Å². The van der Waals surface area contributed by atoms with Gasteiger partial charge >= 0.3 is 0 Å². The molecule has 70 valence electrons. The Morgan fingerprint density at radius 2 is 2.15 bits per heavy atom. The minimum absolute atomic E-state index is 0.296. The van der Waals surface area contributed by atoms with Crippen molar-refractivity contribution in [1.29, 1.82) is 0 Å². The van der Waals surface area contributed by atoms with Crippen molar-refractivity contribution in [1.82, 2.24) is 0 Å². The summed E-state index contributed by atoms with van der Waals surface area (Å²) in [5, 5.41) is 0. The van der Waals surface area contributed by atoms with Crippen molar-refractivity contribution < 1.29 is 4.79 Å². The minimum Gasteiger partial charge on any atom is -0.300 e. The molecule has 0 aromatic heterocycles. The molecule has 0 amide bonds. The summed E-state index contributed by atoms with van der Waals surface area (Å²) in [5.41, 5.74) is 3.58. The van der Waals surface area contributed by atoms with E-state index in [2.05, 4.69) is 13.8 Å². The SMILES string of the molecule is CC1=C2CCC(=O)C[C@@]2(C)[C@@H]2C[C@H]12. The van der Waals surface area contributed by atoms with Crippen molar-refractivity contribution in [2.24, 2.45) is 17.3 Å². The predicted octanol–water partition coefficient (Wildman–Crippen LogP) is 2.71. The summed E-state index contributed by atoms with van der Waals surface area (Å²) in [7, 11) is 0. The summed E-state index contributed by atoms with van der Waals surface area (Å²) in [4.78, 5) is 11.5. The summed E-state index contributed by atoms with van der Waals surface area (Å²) in [5.74, 6) is 2.20. The number of fused-ring (bicyclic) bond motifs is 3. The van der Waals surface area contributed by atoms with E-state index < -0.39 is 0 Å². The van der Waals surface area contributed by atoms with Crippen LogP contribution in [0.15, 0.2) is 11.1 Å². The molecule has 1 heteroatoms. The van der Waals surface area contributed by atoms with Gasteiger partial charge in [0, 0.05) is 12.8 Å². The highest BCUT2D eigenvalue weighted by atomic mass is 16.1. The van der Waals surface area contributed by atoms with E-state index in [1.165, 1.54) is 6.42 Å². The van der Waals surface area contributed by atoms with Gasteiger partial charge in [-0.1, -0.05) is 18.1 Å². The largest absolute Gasteiger partial charge is 0.300 e. The van der Waals surface area contributed by atoms with E-state index in [1.54, 1.807) is 11.1 Å². The molecule has 0 N–H and O–H groups in total. The van der Waals surface area contributed by atoms with Crippen LogP contribution >= 0.6 is 0 Å². The van der Waals surface area contributed by atoms with Crippen LogP contribution < -0.4 is 0 Å². The molecule has 0 bridgehead atoms. The number of hydrogen-bond donors (Lipinski definition) is 0. The quantitative estimate of drug-likeness (QED) is 0.519. The molecule has 1 nitrogen and oxygen atoms in total. The van der Waals surface area contributed by atoms with Crippen molar-refractivity contribution in [2.75, 3.05) is 0 Å². The van der Waals surface area contributed by atoms with Gasteiger partial charge in [-0.2, -0.15) is 0 Å². The van der Waals surface area contributed by atoms with Gasteiger partial charge in [0.15, 0.2) is 0 Å². The summed E-state index contributed by atoms with van der Waals surface area (Å²) in [6.07, 6.45) is 4.07. The minimum atomic E-state index is 0.296. The lowest BCUT2D eigenvalue weighted by molar-refractivity contribution is -0.122. The van der Waals surface area contributed by atoms with Crippen LogP contribution in [0.5, 0.6) is 0 Å². The Kier molecular flexibility index (Phi) is 1.24. The van der Waals surface area contributed by atoms with Gasteiger partial charge in [-0.3, -0.25) is 4.79 Å². The number of carbonyl (C=O) groups is 1. The molecule has 0 spiro atoms. The number of allylic oxidation sites excluding steroid dienone is 2. The molecule has 0 aromatic carbocycles. The van der Waals surface area contributed by atoms with Crippen molar-refractivity contribution in [3.63, 3.8) is 0 Å². The zero-order chi connectivity index (χ0) is 9.22. The highest BCUT2D eigenvalue weighted by Crippen LogP contribution is 2.67. The molecular formula is C12H16O. The predicted molar refractivity (Wildman–Crippen MR) is 51.3 cm³/mol. The summed E-state index contributed by atoms with van der Waals surface area (Å²) >= 11 is 0. The molecule has 0 aliphatic heterocycles. The average molecular weight is 176 g/mol. The van der Waals surface area contributed by atoms with Crippen LogP contribution in [0.3, 0.4) is 0 Å². The molecule has 2 saturated carbocycles. The third kappa shape index (κ3) is 0.806. The molecule has 0 aromatic rings. The second-order valence-corrected chi connectivity index (χ2v) is 5.24. The van der Waals surface area contributed by atoms with E-state index in [1.807, 2.05) is 0 Å². The molecular weight excluding hydrogens is 160 g/mol. The zero-order valence-electron chi connectivity index (χ0n) is 8.39. The first-order chi connectivity index (χ1) is 6.13. The number of rotatable bonds is 0. The smallest absolute Gasteiger partial charge is 0.134 e. The molecule has 0 saturated heterocycles. The van der Waals surface area contributed by atoms with Gasteiger partial charge in [0.05, 0.1) is 0 Å². The topological polar surface area (TPSA) is 17.1 Å².